The molecular formula is C13H15ClO3. The summed E-state index contributed by atoms with van der Waals surface area (Å²) in [6, 6.07) is 5.62. The van der Waals surface area contributed by atoms with Gasteiger partial charge in [0.25, 0.3) is 0 Å². The van der Waals surface area contributed by atoms with E-state index in [4.69, 9.17) is 21.4 Å². The van der Waals surface area contributed by atoms with Crippen molar-refractivity contribution in [3.63, 3.8) is 0 Å². The quantitative estimate of drug-likeness (QED) is 0.793. The first-order valence-corrected chi connectivity index (χ1v) is 5.82. The van der Waals surface area contributed by atoms with E-state index in [1.807, 2.05) is 25.1 Å². The lowest BCUT2D eigenvalue weighted by molar-refractivity contribution is -0.131. The Balaban J connectivity index is 2.55. The number of rotatable bonds is 6. The highest BCUT2D eigenvalue weighted by Gasteiger charge is 2.01. The van der Waals surface area contributed by atoms with E-state index in [9.17, 15) is 4.79 Å². The molecule has 3 nitrogen and oxygen atoms in total. The summed E-state index contributed by atoms with van der Waals surface area (Å²) in [5, 5.41) is 9.02. The average Bonchev–Trinajstić information content (AvgIpc) is 2.28. The summed E-state index contributed by atoms with van der Waals surface area (Å²) in [4.78, 5) is 10.3. The largest absolute Gasteiger partial charge is 0.492 e. The van der Waals surface area contributed by atoms with Gasteiger partial charge < -0.3 is 9.84 Å². The Morgan fingerprint density at radius 1 is 1.53 bits per heavy atom. The topological polar surface area (TPSA) is 46.5 Å². The Bertz CT molecular complexity index is 413. The highest BCUT2D eigenvalue weighted by atomic mass is 35.5. The molecule has 0 saturated carbocycles. The Labute approximate surface area is 106 Å². The lowest BCUT2D eigenvalue weighted by Crippen LogP contribution is -1.93. The second kappa shape index (κ2) is 6.97. The number of hydrogen-bond donors (Lipinski definition) is 1. The fourth-order valence-corrected chi connectivity index (χ4v) is 1.66. The number of allylic oxidation sites excluding steroid dienone is 1. The van der Waals surface area contributed by atoms with Gasteiger partial charge in [0.05, 0.1) is 11.6 Å². The van der Waals surface area contributed by atoms with Crippen molar-refractivity contribution in [3.05, 3.63) is 40.9 Å². The molecule has 0 aliphatic rings. The molecule has 0 aromatic heterocycles. The highest BCUT2D eigenvalue weighted by Crippen LogP contribution is 2.25. The molecule has 0 fully saturated rings. The Kier molecular flexibility index (Phi) is 5.57. The first kappa shape index (κ1) is 13.6. The fourth-order valence-electron chi connectivity index (χ4n) is 1.41. The van der Waals surface area contributed by atoms with Gasteiger partial charge in [-0.2, -0.15) is 0 Å². The molecule has 0 spiro atoms. The van der Waals surface area contributed by atoms with E-state index in [2.05, 4.69) is 0 Å². The van der Waals surface area contributed by atoms with Crippen molar-refractivity contribution in [2.24, 2.45) is 0 Å². The van der Waals surface area contributed by atoms with Gasteiger partial charge in [-0.3, -0.25) is 0 Å². The van der Waals surface area contributed by atoms with Crippen LogP contribution in [0, 0.1) is 0 Å². The Hall–Kier alpha value is -1.48. The summed E-state index contributed by atoms with van der Waals surface area (Å²) in [7, 11) is 0. The Morgan fingerprint density at radius 3 is 2.88 bits per heavy atom. The number of carboxylic acids is 1. The monoisotopic (exact) mass is 254 g/mol. The predicted octanol–water partition coefficient (Wildman–Crippen LogP) is 3.31. The molecule has 0 radical (unpaired) electrons. The van der Waals surface area contributed by atoms with Gasteiger partial charge in [-0.1, -0.05) is 23.7 Å². The van der Waals surface area contributed by atoms with Crippen LogP contribution in [0.2, 0.25) is 5.02 Å². The van der Waals surface area contributed by atoms with Crippen LogP contribution in [-0.4, -0.2) is 17.7 Å². The van der Waals surface area contributed by atoms with Crippen molar-refractivity contribution in [1.82, 2.24) is 0 Å². The maximum Gasteiger partial charge on any atom is 0.327 e. The predicted molar refractivity (Wildman–Crippen MR) is 67.7 cm³/mol. The van der Waals surface area contributed by atoms with E-state index in [0.717, 1.165) is 18.1 Å². The van der Waals surface area contributed by atoms with Crippen molar-refractivity contribution in [1.29, 1.82) is 0 Å². The molecule has 0 aliphatic carbocycles. The molecule has 0 amide bonds. The maximum absolute atomic E-state index is 10.3. The van der Waals surface area contributed by atoms with E-state index in [1.165, 1.54) is 0 Å². The molecule has 0 bridgehead atoms. The number of benzene rings is 1. The molecule has 1 aromatic carbocycles. The van der Waals surface area contributed by atoms with E-state index in [0.29, 0.717) is 23.8 Å². The molecule has 0 heterocycles. The van der Waals surface area contributed by atoms with Gasteiger partial charge in [0.1, 0.15) is 5.75 Å². The van der Waals surface area contributed by atoms with Crippen LogP contribution in [0.15, 0.2) is 30.4 Å². The van der Waals surface area contributed by atoms with E-state index >= 15 is 0 Å². The minimum absolute atomic E-state index is 0.584. The van der Waals surface area contributed by atoms with Gasteiger partial charge in [0, 0.05) is 6.08 Å². The third kappa shape index (κ3) is 4.91. The number of aliphatic carboxylic acids is 1. The molecule has 17 heavy (non-hydrogen) atoms. The normalized spacial score (nSPS) is 10.7. The number of aryl methyl sites for hydroxylation is 1. The minimum Gasteiger partial charge on any atom is -0.492 e. The Morgan fingerprint density at radius 2 is 2.29 bits per heavy atom. The molecule has 0 atom stereocenters. The summed E-state index contributed by atoms with van der Waals surface area (Å²) in [5.74, 6) is -0.242. The summed E-state index contributed by atoms with van der Waals surface area (Å²) in [5.41, 5.74) is 1.06. The maximum atomic E-state index is 10.3. The molecule has 0 unspecified atom stereocenters. The van der Waals surface area contributed by atoms with Crippen molar-refractivity contribution in [3.8, 4) is 5.75 Å². The summed E-state index contributed by atoms with van der Waals surface area (Å²) in [6.45, 7) is 2.49. The van der Waals surface area contributed by atoms with Crippen LogP contribution in [0.1, 0.15) is 18.9 Å². The zero-order chi connectivity index (χ0) is 12.7. The third-order valence-corrected chi connectivity index (χ3v) is 2.45. The summed E-state index contributed by atoms with van der Waals surface area (Å²) < 4.78 is 5.33. The number of ether oxygens (including phenoxy) is 1. The fraction of sp³-hybridized carbons (Fsp3) is 0.308. The van der Waals surface area contributed by atoms with Crippen LogP contribution in [0.25, 0.3) is 0 Å². The van der Waals surface area contributed by atoms with Gasteiger partial charge in [0.2, 0.25) is 0 Å². The summed E-state index contributed by atoms with van der Waals surface area (Å²) >= 11 is 6.03. The lowest BCUT2D eigenvalue weighted by atomic mass is 10.1. The second-order valence-corrected chi connectivity index (χ2v) is 3.88. The van der Waals surface area contributed by atoms with Gasteiger partial charge in [-0.15, -0.1) is 0 Å². The van der Waals surface area contributed by atoms with Gasteiger partial charge in [-0.25, -0.2) is 4.79 Å². The van der Waals surface area contributed by atoms with Crippen molar-refractivity contribution in [2.75, 3.05) is 6.61 Å². The third-order valence-electron chi connectivity index (χ3n) is 2.16. The van der Waals surface area contributed by atoms with Crippen molar-refractivity contribution < 1.29 is 14.6 Å². The molecule has 1 rings (SSSR count). The number of halogens is 1. The first-order valence-electron chi connectivity index (χ1n) is 5.44. The average molecular weight is 255 g/mol. The van der Waals surface area contributed by atoms with Crippen LogP contribution in [0.3, 0.4) is 0 Å². The van der Waals surface area contributed by atoms with E-state index in [1.54, 1.807) is 6.08 Å². The van der Waals surface area contributed by atoms with Crippen LogP contribution in [0.5, 0.6) is 5.75 Å². The molecule has 92 valence electrons. The summed E-state index contributed by atoms with van der Waals surface area (Å²) in [6.07, 6.45) is 4.22. The van der Waals surface area contributed by atoms with Crippen molar-refractivity contribution >= 4 is 17.6 Å². The molecular weight excluding hydrogens is 240 g/mol. The smallest absolute Gasteiger partial charge is 0.327 e. The van der Waals surface area contributed by atoms with E-state index < -0.39 is 5.97 Å². The van der Waals surface area contributed by atoms with Crippen LogP contribution >= 0.6 is 11.6 Å². The standard InChI is InChI=1S/C13H15ClO3/c1-2-17-12-8-7-10(9-11(12)14)5-3-4-6-13(15)16/h4,6-9H,2-3,5H2,1H3,(H,15,16)/b6-4+. The van der Waals surface area contributed by atoms with Gasteiger partial charge in [0.15, 0.2) is 0 Å². The molecule has 1 N–H and O–H groups in total. The van der Waals surface area contributed by atoms with E-state index in [-0.39, 0.29) is 0 Å². The first-order chi connectivity index (χ1) is 8.13. The SMILES string of the molecule is CCOc1ccc(CC/C=C/C(=O)O)cc1Cl. The van der Waals surface area contributed by atoms with Crippen molar-refractivity contribution in [2.45, 2.75) is 19.8 Å². The van der Waals surface area contributed by atoms with Gasteiger partial charge in [-0.05, 0) is 37.5 Å². The van der Waals surface area contributed by atoms with Crippen LogP contribution in [-0.2, 0) is 11.2 Å². The number of hydrogen-bond acceptors (Lipinski definition) is 2. The number of carbonyl (C=O) groups is 1. The molecule has 0 aliphatic heterocycles. The zero-order valence-electron chi connectivity index (χ0n) is 9.65. The second-order valence-electron chi connectivity index (χ2n) is 3.48. The zero-order valence-corrected chi connectivity index (χ0v) is 10.4. The molecule has 0 saturated heterocycles. The lowest BCUT2D eigenvalue weighted by Gasteiger charge is -2.06. The molecule has 1 aromatic rings. The van der Waals surface area contributed by atoms with Crippen LogP contribution in [0.4, 0.5) is 0 Å². The molecule has 4 heteroatoms. The van der Waals surface area contributed by atoms with Crippen LogP contribution < -0.4 is 4.74 Å². The number of carboxylic acid groups (broad SMARTS) is 1. The van der Waals surface area contributed by atoms with Gasteiger partial charge >= 0.3 is 5.97 Å². The minimum atomic E-state index is -0.922. The highest BCUT2D eigenvalue weighted by molar-refractivity contribution is 6.32.